The van der Waals surface area contributed by atoms with Crippen LogP contribution in [-0.4, -0.2) is 56.5 Å². The molecule has 118 valence electrons. The Balaban J connectivity index is 2.73. The number of anilines is 1. The Hall–Kier alpha value is -1.89. The number of hydrogen-bond acceptors (Lipinski definition) is 7. The van der Waals surface area contributed by atoms with E-state index in [0.717, 1.165) is 6.42 Å². The Morgan fingerprint density at radius 1 is 1.29 bits per heavy atom. The highest BCUT2D eigenvalue weighted by Crippen LogP contribution is 2.13. The number of nitrogens with zero attached hydrogens (tertiary/aromatic N) is 3. The van der Waals surface area contributed by atoms with Crippen LogP contribution in [0, 0.1) is 0 Å². The van der Waals surface area contributed by atoms with Crippen LogP contribution in [0.2, 0.25) is 0 Å². The molecule has 1 rings (SSSR count). The topological polar surface area (TPSA) is 73.8 Å². The van der Waals surface area contributed by atoms with Gasteiger partial charge >= 0.3 is 5.97 Å². The second kappa shape index (κ2) is 9.93. The summed E-state index contributed by atoms with van der Waals surface area (Å²) in [5.41, 5.74) is 0. The molecule has 0 aliphatic rings. The van der Waals surface area contributed by atoms with Crippen LogP contribution in [0.3, 0.4) is 0 Å². The van der Waals surface area contributed by atoms with E-state index in [2.05, 4.69) is 14.7 Å². The third kappa shape index (κ3) is 6.40. The van der Waals surface area contributed by atoms with Crippen molar-refractivity contribution < 1.29 is 19.0 Å². The van der Waals surface area contributed by atoms with Crippen LogP contribution < -0.4 is 9.64 Å². The molecule has 0 unspecified atom stereocenters. The van der Waals surface area contributed by atoms with E-state index in [4.69, 9.17) is 9.47 Å². The van der Waals surface area contributed by atoms with Gasteiger partial charge in [-0.1, -0.05) is 6.92 Å². The number of hydrogen-bond donors (Lipinski definition) is 0. The van der Waals surface area contributed by atoms with Gasteiger partial charge < -0.3 is 19.1 Å². The predicted octanol–water partition coefficient (Wildman–Crippen LogP) is 1.28. The Morgan fingerprint density at radius 3 is 2.76 bits per heavy atom. The minimum atomic E-state index is -0.268. The molecule has 0 aliphatic carbocycles. The molecule has 0 fully saturated rings. The first kappa shape index (κ1) is 17.2. The summed E-state index contributed by atoms with van der Waals surface area (Å²) in [6, 6.07) is 1.72. The second-order valence-electron chi connectivity index (χ2n) is 4.35. The van der Waals surface area contributed by atoms with E-state index in [9.17, 15) is 4.79 Å². The average Bonchev–Trinajstić information content (AvgIpc) is 2.53. The summed E-state index contributed by atoms with van der Waals surface area (Å²) < 4.78 is 15.2. The Labute approximate surface area is 125 Å². The molecule has 0 amide bonds. The average molecular weight is 297 g/mol. The van der Waals surface area contributed by atoms with Crippen LogP contribution in [0.25, 0.3) is 0 Å². The quantitative estimate of drug-likeness (QED) is 0.602. The van der Waals surface area contributed by atoms with Crippen LogP contribution in [-0.2, 0) is 14.3 Å². The molecule has 0 saturated carbocycles. The van der Waals surface area contributed by atoms with E-state index in [0.29, 0.717) is 38.1 Å². The van der Waals surface area contributed by atoms with Gasteiger partial charge in [-0.15, -0.1) is 0 Å². The standard InChI is InChI=1S/C14H23N3O4/c1-4-10-21-12-5-7-15-14(16-12)17(9-11-19-2)8-6-13(18)20-3/h5,7H,4,6,8-11H2,1-3H3. The van der Waals surface area contributed by atoms with Crippen LogP contribution in [0.5, 0.6) is 5.88 Å². The molecule has 0 spiro atoms. The highest BCUT2D eigenvalue weighted by atomic mass is 16.5. The van der Waals surface area contributed by atoms with Gasteiger partial charge in [-0.25, -0.2) is 4.98 Å². The van der Waals surface area contributed by atoms with Crippen molar-refractivity contribution in [3.63, 3.8) is 0 Å². The Bertz CT molecular complexity index is 428. The maximum atomic E-state index is 11.3. The minimum Gasteiger partial charge on any atom is -0.478 e. The molecule has 7 heteroatoms. The van der Waals surface area contributed by atoms with Crippen molar-refractivity contribution in [1.29, 1.82) is 0 Å². The smallest absolute Gasteiger partial charge is 0.307 e. The Morgan fingerprint density at radius 2 is 2.10 bits per heavy atom. The van der Waals surface area contributed by atoms with E-state index in [1.807, 2.05) is 11.8 Å². The van der Waals surface area contributed by atoms with Gasteiger partial charge in [0, 0.05) is 32.5 Å². The second-order valence-corrected chi connectivity index (χ2v) is 4.35. The Kier molecular flexibility index (Phi) is 8.11. The molecule has 0 aliphatic heterocycles. The van der Waals surface area contributed by atoms with E-state index in [-0.39, 0.29) is 12.4 Å². The van der Waals surface area contributed by atoms with Gasteiger partial charge in [0.2, 0.25) is 11.8 Å². The van der Waals surface area contributed by atoms with Gasteiger partial charge in [-0.2, -0.15) is 4.98 Å². The first-order chi connectivity index (χ1) is 10.2. The number of aromatic nitrogens is 2. The normalized spacial score (nSPS) is 10.2. The molecule has 7 nitrogen and oxygen atoms in total. The summed E-state index contributed by atoms with van der Waals surface area (Å²) in [5.74, 6) is 0.780. The lowest BCUT2D eigenvalue weighted by Crippen LogP contribution is -2.31. The number of carbonyl (C=O) groups is 1. The minimum absolute atomic E-state index is 0.267. The van der Waals surface area contributed by atoms with E-state index in [1.54, 1.807) is 19.4 Å². The summed E-state index contributed by atoms with van der Waals surface area (Å²) >= 11 is 0. The molecule has 1 aromatic heterocycles. The van der Waals surface area contributed by atoms with Crippen LogP contribution in [0.1, 0.15) is 19.8 Å². The van der Waals surface area contributed by atoms with Crippen LogP contribution in [0.15, 0.2) is 12.3 Å². The first-order valence-corrected chi connectivity index (χ1v) is 6.97. The van der Waals surface area contributed by atoms with Crippen molar-refractivity contribution in [2.45, 2.75) is 19.8 Å². The van der Waals surface area contributed by atoms with Crippen LogP contribution >= 0.6 is 0 Å². The molecular formula is C14H23N3O4. The molecule has 0 aromatic carbocycles. The summed E-state index contributed by atoms with van der Waals surface area (Å²) in [4.78, 5) is 21.7. The zero-order chi connectivity index (χ0) is 15.5. The summed E-state index contributed by atoms with van der Waals surface area (Å²) in [6.45, 7) is 4.21. The van der Waals surface area contributed by atoms with Gasteiger partial charge in [0.25, 0.3) is 0 Å². The van der Waals surface area contributed by atoms with Crippen molar-refractivity contribution in [1.82, 2.24) is 9.97 Å². The lowest BCUT2D eigenvalue weighted by atomic mass is 10.4. The van der Waals surface area contributed by atoms with Gasteiger partial charge in [0.15, 0.2) is 0 Å². The molecule has 0 atom stereocenters. The fourth-order valence-corrected chi connectivity index (χ4v) is 1.61. The third-order valence-corrected chi connectivity index (χ3v) is 2.73. The number of methoxy groups -OCH3 is 2. The van der Waals surface area contributed by atoms with Crippen molar-refractivity contribution in [3.05, 3.63) is 12.3 Å². The van der Waals surface area contributed by atoms with Crippen molar-refractivity contribution in [2.24, 2.45) is 0 Å². The molecule has 0 bridgehead atoms. The highest BCUT2D eigenvalue weighted by molar-refractivity contribution is 5.69. The third-order valence-electron chi connectivity index (χ3n) is 2.73. The van der Waals surface area contributed by atoms with Crippen molar-refractivity contribution in [3.8, 4) is 5.88 Å². The molecule has 0 saturated heterocycles. The van der Waals surface area contributed by atoms with Crippen molar-refractivity contribution >= 4 is 11.9 Å². The summed E-state index contributed by atoms with van der Waals surface area (Å²) in [6.07, 6.45) is 2.82. The molecule has 0 N–H and O–H groups in total. The number of ether oxygens (including phenoxy) is 3. The van der Waals surface area contributed by atoms with E-state index in [1.165, 1.54) is 7.11 Å². The first-order valence-electron chi connectivity index (χ1n) is 6.97. The fourth-order valence-electron chi connectivity index (χ4n) is 1.61. The summed E-state index contributed by atoms with van der Waals surface area (Å²) in [7, 11) is 3.00. The van der Waals surface area contributed by atoms with Gasteiger partial charge in [-0.05, 0) is 6.42 Å². The molecule has 0 radical (unpaired) electrons. The van der Waals surface area contributed by atoms with E-state index < -0.39 is 0 Å². The van der Waals surface area contributed by atoms with E-state index >= 15 is 0 Å². The zero-order valence-corrected chi connectivity index (χ0v) is 12.9. The highest BCUT2D eigenvalue weighted by Gasteiger charge is 2.13. The van der Waals surface area contributed by atoms with Gasteiger partial charge in [0.05, 0.1) is 26.7 Å². The lowest BCUT2D eigenvalue weighted by Gasteiger charge is -2.22. The lowest BCUT2D eigenvalue weighted by molar-refractivity contribution is -0.140. The van der Waals surface area contributed by atoms with Crippen molar-refractivity contribution in [2.75, 3.05) is 45.4 Å². The van der Waals surface area contributed by atoms with Crippen LogP contribution in [0.4, 0.5) is 5.95 Å². The fraction of sp³-hybridized carbons (Fsp3) is 0.643. The molecule has 1 aromatic rings. The largest absolute Gasteiger partial charge is 0.478 e. The van der Waals surface area contributed by atoms with Gasteiger partial charge in [-0.3, -0.25) is 4.79 Å². The number of rotatable bonds is 10. The van der Waals surface area contributed by atoms with Gasteiger partial charge in [0.1, 0.15) is 0 Å². The number of esters is 1. The molecule has 1 heterocycles. The maximum absolute atomic E-state index is 11.3. The number of carbonyl (C=O) groups excluding carboxylic acids is 1. The predicted molar refractivity (Wildman–Crippen MR) is 78.5 cm³/mol. The maximum Gasteiger partial charge on any atom is 0.307 e. The molecule has 21 heavy (non-hydrogen) atoms. The SMILES string of the molecule is CCCOc1ccnc(N(CCOC)CCC(=O)OC)n1. The molecular weight excluding hydrogens is 274 g/mol. The zero-order valence-electron chi connectivity index (χ0n) is 12.9. The monoisotopic (exact) mass is 297 g/mol. The summed E-state index contributed by atoms with van der Waals surface area (Å²) in [5, 5.41) is 0.